The Morgan fingerprint density at radius 3 is 2.71 bits per heavy atom. The highest BCUT2D eigenvalue weighted by atomic mass is 16.3. The fourth-order valence-corrected chi connectivity index (χ4v) is 3.70. The van der Waals surface area contributed by atoms with Crippen LogP contribution in [0.2, 0.25) is 0 Å². The maximum absolute atomic E-state index is 8.92. The molecule has 0 saturated carbocycles. The number of benzene rings is 2. The second-order valence-electron chi connectivity index (χ2n) is 7.39. The van der Waals surface area contributed by atoms with E-state index >= 15 is 0 Å². The van der Waals surface area contributed by atoms with Crippen molar-refractivity contribution in [2.45, 2.75) is 20.4 Å². The average Bonchev–Trinajstić information content (AvgIpc) is 3.52. The molecule has 0 amide bonds. The predicted molar refractivity (Wildman–Crippen MR) is 119 cm³/mol. The number of aromatic amines is 1. The third kappa shape index (κ3) is 3.45. The van der Waals surface area contributed by atoms with E-state index < -0.39 is 0 Å². The van der Waals surface area contributed by atoms with Gasteiger partial charge in [-0.15, -0.1) is 0 Å². The summed E-state index contributed by atoms with van der Waals surface area (Å²) < 4.78 is 7.52. The maximum atomic E-state index is 8.92. The van der Waals surface area contributed by atoms with Gasteiger partial charge in [0.05, 0.1) is 46.9 Å². The molecule has 3 aromatic heterocycles. The second-order valence-corrected chi connectivity index (χ2v) is 7.39. The van der Waals surface area contributed by atoms with Crippen LogP contribution in [0.1, 0.15) is 22.6 Å². The van der Waals surface area contributed by atoms with Gasteiger partial charge in [0, 0.05) is 11.3 Å². The molecular formula is C24H20N6O. The van der Waals surface area contributed by atoms with Crippen molar-refractivity contribution in [3.8, 4) is 23.2 Å². The maximum Gasteiger partial charge on any atom is 0.152 e. The van der Waals surface area contributed by atoms with Crippen LogP contribution in [0.25, 0.3) is 28.2 Å². The molecule has 0 bridgehead atoms. The van der Waals surface area contributed by atoms with Crippen LogP contribution in [0.4, 0.5) is 5.69 Å². The van der Waals surface area contributed by atoms with Crippen LogP contribution < -0.4 is 5.32 Å². The first kappa shape index (κ1) is 18.7. The van der Waals surface area contributed by atoms with Crippen LogP contribution in [0, 0.1) is 25.2 Å². The van der Waals surface area contributed by atoms with Crippen molar-refractivity contribution in [3.05, 3.63) is 83.5 Å². The largest absolute Gasteiger partial charge is 0.463 e. The van der Waals surface area contributed by atoms with Gasteiger partial charge in [-0.05, 0) is 68.4 Å². The van der Waals surface area contributed by atoms with Gasteiger partial charge in [0.1, 0.15) is 11.5 Å². The summed E-state index contributed by atoms with van der Waals surface area (Å²) >= 11 is 0. The summed E-state index contributed by atoms with van der Waals surface area (Å²) in [6.07, 6.45) is 1.67. The minimum atomic E-state index is 0.549. The van der Waals surface area contributed by atoms with Crippen molar-refractivity contribution in [1.82, 2.24) is 19.7 Å². The van der Waals surface area contributed by atoms with Crippen molar-refractivity contribution in [1.29, 1.82) is 5.26 Å². The topological polar surface area (TPSA) is 95.5 Å². The molecule has 31 heavy (non-hydrogen) atoms. The first-order valence-corrected chi connectivity index (χ1v) is 9.95. The smallest absolute Gasteiger partial charge is 0.152 e. The molecular weight excluding hydrogens is 388 g/mol. The fourth-order valence-electron chi connectivity index (χ4n) is 3.70. The highest BCUT2D eigenvalue weighted by Gasteiger charge is 2.16. The Bertz CT molecular complexity index is 1400. The van der Waals surface area contributed by atoms with Crippen molar-refractivity contribution < 1.29 is 4.42 Å². The number of aromatic nitrogens is 4. The Morgan fingerprint density at radius 1 is 1.13 bits per heavy atom. The first-order chi connectivity index (χ1) is 15.1. The third-order valence-electron chi connectivity index (χ3n) is 5.24. The molecule has 7 heteroatoms. The molecule has 0 aliphatic heterocycles. The number of H-pyrrole nitrogens is 1. The number of furan rings is 1. The Labute approximate surface area is 179 Å². The molecule has 0 aliphatic carbocycles. The molecule has 0 unspecified atom stereocenters. The normalized spacial score (nSPS) is 11.0. The average molecular weight is 408 g/mol. The van der Waals surface area contributed by atoms with Gasteiger partial charge in [0.2, 0.25) is 0 Å². The van der Waals surface area contributed by atoms with Crippen molar-refractivity contribution in [2.75, 3.05) is 5.32 Å². The van der Waals surface area contributed by atoms with Crippen LogP contribution in [-0.2, 0) is 6.54 Å². The standard InChI is InChI=1S/C24H20N6O/c1-15-12-21(22-4-3-11-31-22)30(29-15)20-10-9-19-24(16(20)2)28-23(27-19)14-26-18-7-5-17(13-25)6-8-18/h3-12,26H,14H2,1-2H3,(H,27,28). The lowest BCUT2D eigenvalue weighted by Gasteiger charge is -2.09. The molecule has 0 aliphatic rings. The Hall–Kier alpha value is -4.31. The lowest BCUT2D eigenvalue weighted by Crippen LogP contribution is -2.02. The molecule has 3 heterocycles. The number of hydrogen-bond acceptors (Lipinski definition) is 5. The van der Waals surface area contributed by atoms with E-state index in [2.05, 4.69) is 28.4 Å². The molecule has 2 aromatic carbocycles. The number of anilines is 1. The molecule has 152 valence electrons. The highest BCUT2D eigenvalue weighted by molar-refractivity contribution is 5.82. The van der Waals surface area contributed by atoms with Crippen LogP contribution in [-0.4, -0.2) is 19.7 Å². The number of nitriles is 1. The van der Waals surface area contributed by atoms with Gasteiger partial charge in [0.15, 0.2) is 5.76 Å². The number of nitrogens with one attached hydrogen (secondary N) is 2. The Balaban J connectivity index is 1.46. The fraction of sp³-hybridized carbons (Fsp3) is 0.125. The van der Waals surface area contributed by atoms with Gasteiger partial charge >= 0.3 is 0 Å². The summed E-state index contributed by atoms with van der Waals surface area (Å²) in [7, 11) is 0. The lowest BCUT2D eigenvalue weighted by atomic mass is 10.1. The molecule has 5 rings (SSSR count). The number of imidazole rings is 1. The molecule has 2 N–H and O–H groups in total. The molecule has 0 radical (unpaired) electrons. The monoisotopic (exact) mass is 408 g/mol. The summed E-state index contributed by atoms with van der Waals surface area (Å²) in [4.78, 5) is 8.19. The van der Waals surface area contributed by atoms with Crippen molar-refractivity contribution in [3.63, 3.8) is 0 Å². The van der Waals surface area contributed by atoms with E-state index in [1.807, 2.05) is 54.1 Å². The summed E-state index contributed by atoms with van der Waals surface area (Å²) in [6.45, 7) is 4.57. The summed E-state index contributed by atoms with van der Waals surface area (Å²) in [5, 5.41) is 16.9. The predicted octanol–water partition coefficient (Wildman–Crippen LogP) is 5.11. The SMILES string of the molecule is Cc1cc(-c2ccco2)n(-c2ccc3[nH]c(CNc4ccc(C#N)cc4)nc3c2C)n1. The zero-order valence-electron chi connectivity index (χ0n) is 17.2. The van der Waals surface area contributed by atoms with E-state index in [1.54, 1.807) is 18.4 Å². The molecule has 0 saturated heterocycles. The molecule has 5 aromatic rings. The van der Waals surface area contributed by atoms with E-state index in [1.165, 1.54) is 0 Å². The van der Waals surface area contributed by atoms with Crippen molar-refractivity contribution in [2.24, 2.45) is 0 Å². The summed E-state index contributed by atoms with van der Waals surface area (Å²) in [6, 6.07) is 19.4. The minimum absolute atomic E-state index is 0.549. The number of hydrogen-bond donors (Lipinski definition) is 2. The lowest BCUT2D eigenvalue weighted by molar-refractivity contribution is 0.576. The number of nitrogens with zero attached hydrogens (tertiary/aromatic N) is 4. The second kappa shape index (κ2) is 7.50. The Kier molecular flexibility index (Phi) is 4.53. The van der Waals surface area contributed by atoms with E-state index in [9.17, 15) is 0 Å². The zero-order valence-corrected chi connectivity index (χ0v) is 17.2. The molecule has 0 spiro atoms. The van der Waals surface area contributed by atoms with Crippen LogP contribution in [0.5, 0.6) is 0 Å². The summed E-state index contributed by atoms with van der Waals surface area (Å²) in [5.74, 6) is 1.61. The van der Waals surface area contributed by atoms with E-state index in [0.717, 1.165) is 50.9 Å². The van der Waals surface area contributed by atoms with Crippen LogP contribution >= 0.6 is 0 Å². The Morgan fingerprint density at radius 2 is 1.97 bits per heavy atom. The highest BCUT2D eigenvalue weighted by Crippen LogP contribution is 2.29. The summed E-state index contributed by atoms with van der Waals surface area (Å²) in [5.41, 5.74) is 7.28. The molecule has 0 atom stereocenters. The van der Waals surface area contributed by atoms with Gasteiger partial charge in [-0.1, -0.05) is 0 Å². The van der Waals surface area contributed by atoms with Gasteiger partial charge in [-0.2, -0.15) is 10.4 Å². The van der Waals surface area contributed by atoms with E-state index in [4.69, 9.17) is 14.7 Å². The third-order valence-corrected chi connectivity index (χ3v) is 5.24. The van der Waals surface area contributed by atoms with Crippen LogP contribution in [0.3, 0.4) is 0 Å². The first-order valence-electron chi connectivity index (χ1n) is 9.95. The quantitative estimate of drug-likeness (QED) is 0.421. The van der Waals surface area contributed by atoms with E-state index in [-0.39, 0.29) is 0 Å². The van der Waals surface area contributed by atoms with Gasteiger partial charge < -0.3 is 14.7 Å². The van der Waals surface area contributed by atoms with Gasteiger partial charge in [-0.25, -0.2) is 9.67 Å². The number of rotatable bonds is 5. The number of fused-ring (bicyclic) bond motifs is 1. The van der Waals surface area contributed by atoms with Crippen LogP contribution in [0.15, 0.2) is 65.3 Å². The van der Waals surface area contributed by atoms with Gasteiger partial charge in [0.25, 0.3) is 0 Å². The van der Waals surface area contributed by atoms with E-state index in [0.29, 0.717) is 12.1 Å². The molecule has 0 fully saturated rings. The van der Waals surface area contributed by atoms with Gasteiger partial charge in [-0.3, -0.25) is 0 Å². The minimum Gasteiger partial charge on any atom is -0.463 e. The zero-order chi connectivity index (χ0) is 21.4. The number of aryl methyl sites for hydroxylation is 2. The molecule has 7 nitrogen and oxygen atoms in total. The van der Waals surface area contributed by atoms with Crippen molar-refractivity contribution >= 4 is 16.7 Å².